The molecule has 0 aromatic heterocycles. The minimum absolute atomic E-state index is 0.135. The van der Waals surface area contributed by atoms with Crippen LogP contribution in [-0.2, 0) is 14.6 Å². The van der Waals surface area contributed by atoms with Gasteiger partial charge in [-0.3, -0.25) is 0 Å². The molecule has 1 aliphatic heterocycles. The molecule has 2 aromatic rings. The Labute approximate surface area is 159 Å². The van der Waals surface area contributed by atoms with Crippen LogP contribution in [0.1, 0.15) is 43.2 Å². The summed E-state index contributed by atoms with van der Waals surface area (Å²) in [5.74, 6) is 0. The van der Waals surface area contributed by atoms with Crippen molar-refractivity contribution in [1.82, 2.24) is 0 Å². The third-order valence-corrected chi connectivity index (χ3v) is 6.84. The van der Waals surface area contributed by atoms with Crippen molar-refractivity contribution in [2.24, 2.45) is 5.73 Å². The zero-order valence-corrected chi connectivity index (χ0v) is 17.0. The highest BCUT2D eigenvalue weighted by Crippen LogP contribution is 2.37. The van der Waals surface area contributed by atoms with Crippen LogP contribution in [0.5, 0.6) is 0 Å². The second-order valence-electron chi connectivity index (χ2n) is 7.21. The molecule has 4 heteroatoms. The lowest BCUT2D eigenvalue weighted by Gasteiger charge is -2.36. The second-order valence-corrected chi connectivity index (χ2v) is 8.86. The van der Waals surface area contributed by atoms with Crippen molar-refractivity contribution < 1.29 is 9.16 Å². The van der Waals surface area contributed by atoms with Gasteiger partial charge in [-0.15, -0.1) is 0 Å². The Hall–Kier alpha value is -1.46. The van der Waals surface area contributed by atoms with E-state index in [4.69, 9.17) is 14.9 Å². The van der Waals surface area contributed by atoms with E-state index in [1.54, 1.807) is 0 Å². The maximum Gasteiger partial charge on any atom is 0.190 e. The fourth-order valence-electron chi connectivity index (χ4n) is 3.92. The lowest BCUT2D eigenvalue weighted by atomic mass is 9.72. The summed E-state index contributed by atoms with van der Waals surface area (Å²) in [7, 11) is -0.701. The molecule has 1 fully saturated rings. The average molecular weight is 370 g/mol. The topological polar surface area (TPSA) is 44.5 Å². The molecule has 2 aromatic carbocycles. The summed E-state index contributed by atoms with van der Waals surface area (Å²) in [4.78, 5) is 0. The fourth-order valence-corrected chi connectivity index (χ4v) is 5.36. The summed E-state index contributed by atoms with van der Waals surface area (Å²) in [5.41, 5.74) is 8.76. The smallest absolute Gasteiger partial charge is 0.190 e. The van der Waals surface area contributed by atoms with Crippen LogP contribution < -0.4 is 5.73 Å². The number of hydrogen-bond donors (Lipinski definition) is 1. The lowest BCUT2D eigenvalue weighted by Crippen LogP contribution is -2.37. The van der Waals surface area contributed by atoms with Crippen molar-refractivity contribution in [3.8, 4) is 0 Å². The van der Waals surface area contributed by atoms with Gasteiger partial charge in [0.05, 0.1) is 5.73 Å². The molecule has 1 saturated heterocycles. The van der Waals surface area contributed by atoms with Gasteiger partial charge in [0.2, 0.25) is 0 Å². The molecule has 26 heavy (non-hydrogen) atoms. The van der Waals surface area contributed by atoms with E-state index in [2.05, 4.69) is 60.7 Å². The maximum atomic E-state index is 6.42. The Balaban J connectivity index is 1.83. The van der Waals surface area contributed by atoms with Crippen molar-refractivity contribution >= 4 is 9.76 Å². The predicted molar refractivity (Wildman–Crippen MR) is 110 cm³/mol. The van der Waals surface area contributed by atoms with Gasteiger partial charge in [0.1, 0.15) is 0 Å². The molecule has 0 spiro atoms. The third-order valence-electron chi connectivity index (χ3n) is 5.39. The standard InChI is InChI=1S/C22H31NO2Si/c23-16-9-15-22(19-10-3-1-4-11-19,20-12-5-2-6-13-20)18-25-26-21-14-7-8-17-24-21/h1-6,10-13,21H,7-9,14-18,23,26H2. The number of ether oxygens (including phenoxy) is 1. The quantitative estimate of drug-likeness (QED) is 0.690. The summed E-state index contributed by atoms with van der Waals surface area (Å²) >= 11 is 0. The summed E-state index contributed by atoms with van der Waals surface area (Å²) in [5, 5.41) is 0. The monoisotopic (exact) mass is 369 g/mol. The van der Waals surface area contributed by atoms with E-state index >= 15 is 0 Å². The van der Waals surface area contributed by atoms with Crippen LogP contribution in [0, 0.1) is 0 Å². The van der Waals surface area contributed by atoms with E-state index in [1.807, 2.05) is 0 Å². The molecule has 0 bridgehead atoms. The number of hydrogen-bond acceptors (Lipinski definition) is 3. The van der Waals surface area contributed by atoms with Gasteiger partial charge in [0.25, 0.3) is 0 Å². The maximum absolute atomic E-state index is 6.42. The van der Waals surface area contributed by atoms with E-state index in [0.29, 0.717) is 18.9 Å². The highest BCUT2D eigenvalue weighted by atomic mass is 28.2. The van der Waals surface area contributed by atoms with E-state index in [1.165, 1.54) is 30.4 Å². The first kappa shape index (κ1) is 19.3. The molecule has 1 heterocycles. The van der Waals surface area contributed by atoms with Gasteiger partial charge in [-0.05, 0) is 49.8 Å². The van der Waals surface area contributed by atoms with E-state index in [-0.39, 0.29) is 5.41 Å². The Kier molecular flexibility index (Phi) is 7.44. The zero-order valence-electron chi connectivity index (χ0n) is 15.6. The van der Waals surface area contributed by atoms with Gasteiger partial charge in [0.15, 0.2) is 9.76 Å². The van der Waals surface area contributed by atoms with Crippen LogP contribution in [0.4, 0.5) is 0 Å². The molecule has 140 valence electrons. The molecule has 0 aliphatic carbocycles. The number of nitrogens with two attached hydrogens (primary N) is 1. The lowest BCUT2D eigenvalue weighted by molar-refractivity contribution is 0.0530. The Morgan fingerprint density at radius 2 is 1.65 bits per heavy atom. The number of rotatable bonds is 9. The van der Waals surface area contributed by atoms with Crippen LogP contribution in [0.3, 0.4) is 0 Å². The Morgan fingerprint density at radius 1 is 1.00 bits per heavy atom. The van der Waals surface area contributed by atoms with Crippen LogP contribution in [0.15, 0.2) is 60.7 Å². The predicted octanol–water partition coefficient (Wildman–Crippen LogP) is 3.34. The Morgan fingerprint density at radius 3 is 2.19 bits per heavy atom. The van der Waals surface area contributed by atoms with Crippen LogP contribution >= 0.6 is 0 Å². The van der Waals surface area contributed by atoms with Gasteiger partial charge >= 0.3 is 0 Å². The average Bonchev–Trinajstić information content (AvgIpc) is 2.73. The van der Waals surface area contributed by atoms with Gasteiger partial charge in [-0.25, -0.2) is 0 Å². The van der Waals surface area contributed by atoms with Crippen LogP contribution in [-0.4, -0.2) is 35.2 Å². The van der Waals surface area contributed by atoms with Gasteiger partial charge in [-0.1, -0.05) is 60.7 Å². The molecule has 0 saturated carbocycles. The first-order valence-corrected chi connectivity index (χ1v) is 11.2. The summed E-state index contributed by atoms with van der Waals surface area (Å²) < 4.78 is 12.3. The summed E-state index contributed by atoms with van der Waals surface area (Å²) in [6.45, 7) is 2.31. The molecule has 3 nitrogen and oxygen atoms in total. The van der Waals surface area contributed by atoms with Gasteiger partial charge in [-0.2, -0.15) is 0 Å². The zero-order chi connectivity index (χ0) is 18.1. The minimum Gasteiger partial charge on any atom is -0.420 e. The number of benzene rings is 2. The molecular formula is C22H31NO2Si. The van der Waals surface area contributed by atoms with Crippen molar-refractivity contribution in [2.45, 2.75) is 43.2 Å². The molecule has 2 N–H and O–H groups in total. The molecule has 0 amide bonds. The minimum atomic E-state index is -0.701. The first-order chi connectivity index (χ1) is 12.8. The van der Waals surface area contributed by atoms with Gasteiger partial charge < -0.3 is 14.9 Å². The van der Waals surface area contributed by atoms with Crippen molar-refractivity contribution in [1.29, 1.82) is 0 Å². The fraction of sp³-hybridized carbons (Fsp3) is 0.455. The van der Waals surface area contributed by atoms with Crippen LogP contribution in [0.25, 0.3) is 0 Å². The molecular weight excluding hydrogens is 338 g/mol. The summed E-state index contributed by atoms with van der Waals surface area (Å²) in [6, 6.07) is 21.6. The van der Waals surface area contributed by atoms with Crippen molar-refractivity contribution in [2.75, 3.05) is 19.8 Å². The molecule has 1 atom stereocenters. The van der Waals surface area contributed by atoms with Crippen LogP contribution in [0.2, 0.25) is 0 Å². The molecule has 1 unspecified atom stereocenters. The second kappa shape index (κ2) is 10.0. The highest BCUT2D eigenvalue weighted by molar-refractivity contribution is 6.29. The van der Waals surface area contributed by atoms with E-state index in [0.717, 1.165) is 19.4 Å². The third kappa shape index (κ3) is 4.83. The van der Waals surface area contributed by atoms with Gasteiger partial charge in [0, 0.05) is 18.6 Å². The van der Waals surface area contributed by atoms with E-state index in [9.17, 15) is 0 Å². The van der Waals surface area contributed by atoms with E-state index < -0.39 is 9.76 Å². The SMILES string of the molecule is NCCCC(CO[SiH2]C1CCCCO1)(c1ccccc1)c1ccccc1. The Bertz CT molecular complexity index is 590. The highest BCUT2D eigenvalue weighted by Gasteiger charge is 2.34. The van der Waals surface area contributed by atoms with Crippen molar-refractivity contribution in [3.63, 3.8) is 0 Å². The molecule has 0 radical (unpaired) electrons. The normalized spacial score (nSPS) is 18.4. The molecule has 1 aliphatic rings. The largest absolute Gasteiger partial charge is 0.420 e. The van der Waals surface area contributed by atoms with Crippen molar-refractivity contribution in [3.05, 3.63) is 71.8 Å². The summed E-state index contributed by atoms with van der Waals surface area (Å²) in [6.07, 6.45) is 5.61. The first-order valence-electron chi connectivity index (χ1n) is 9.85. The molecule has 3 rings (SSSR count).